The Morgan fingerprint density at radius 2 is 2.28 bits per heavy atom. The minimum atomic E-state index is -0.375. The predicted octanol–water partition coefficient (Wildman–Crippen LogP) is 2.97. The Morgan fingerprint density at radius 1 is 1.56 bits per heavy atom. The van der Waals surface area contributed by atoms with E-state index in [1.54, 1.807) is 18.3 Å². The molecule has 0 spiro atoms. The maximum Gasteiger partial charge on any atom is 0.337 e. The van der Waals surface area contributed by atoms with Gasteiger partial charge < -0.3 is 9.14 Å². The van der Waals surface area contributed by atoms with E-state index in [0.29, 0.717) is 16.6 Å². The predicted molar refractivity (Wildman–Crippen MR) is 70.1 cm³/mol. The van der Waals surface area contributed by atoms with E-state index in [1.807, 2.05) is 4.40 Å². The molecule has 5 heteroatoms. The fourth-order valence-electron chi connectivity index (χ4n) is 1.86. The van der Waals surface area contributed by atoms with Crippen LogP contribution in [0.1, 0.15) is 30.0 Å². The van der Waals surface area contributed by atoms with Gasteiger partial charge in [-0.05, 0) is 18.1 Å². The van der Waals surface area contributed by atoms with Crippen LogP contribution in [-0.4, -0.2) is 22.5 Å². The zero-order valence-corrected chi connectivity index (χ0v) is 11.4. The van der Waals surface area contributed by atoms with E-state index in [2.05, 4.69) is 23.6 Å². The molecule has 0 fully saturated rings. The summed E-state index contributed by atoms with van der Waals surface area (Å²) in [5.74, 6) is 1.02. The molecule has 0 saturated heterocycles. The lowest BCUT2D eigenvalue weighted by molar-refractivity contribution is 0.0600. The molecule has 4 nitrogen and oxygen atoms in total. The highest BCUT2D eigenvalue weighted by Gasteiger charge is 2.13. The van der Waals surface area contributed by atoms with Crippen LogP contribution in [0, 0.1) is 5.92 Å². The van der Waals surface area contributed by atoms with Crippen molar-refractivity contribution in [2.24, 2.45) is 5.92 Å². The lowest BCUT2D eigenvalue weighted by Gasteiger charge is -2.05. The van der Waals surface area contributed by atoms with Crippen LogP contribution < -0.4 is 0 Å². The van der Waals surface area contributed by atoms with Gasteiger partial charge >= 0.3 is 5.97 Å². The summed E-state index contributed by atoms with van der Waals surface area (Å²) < 4.78 is 6.60. The van der Waals surface area contributed by atoms with E-state index >= 15 is 0 Å². The summed E-state index contributed by atoms with van der Waals surface area (Å²) in [6.45, 7) is 4.25. The van der Waals surface area contributed by atoms with Crippen LogP contribution >= 0.6 is 11.6 Å². The van der Waals surface area contributed by atoms with E-state index in [0.717, 1.165) is 17.8 Å². The van der Waals surface area contributed by atoms with E-state index in [1.165, 1.54) is 7.11 Å². The van der Waals surface area contributed by atoms with Crippen LogP contribution in [0.15, 0.2) is 18.3 Å². The van der Waals surface area contributed by atoms with Crippen molar-refractivity contribution < 1.29 is 9.53 Å². The van der Waals surface area contributed by atoms with Gasteiger partial charge in [0.1, 0.15) is 5.82 Å². The Kier molecular flexibility index (Phi) is 3.57. The standard InChI is InChI=1S/C13H15ClN2O2/c1-8(2)6-11-15-12(14)10-7-9(13(17)18-3)4-5-16(10)11/h4-5,7-8H,6H2,1-3H3. The van der Waals surface area contributed by atoms with Gasteiger partial charge in [-0.3, -0.25) is 0 Å². The summed E-state index contributed by atoms with van der Waals surface area (Å²) >= 11 is 6.10. The van der Waals surface area contributed by atoms with Crippen LogP contribution in [0.3, 0.4) is 0 Å². The van der Waals surface area contributed by atoms with E-state index < -0.39 is 0 Å². The first-order chi connectivity index (χ1) is 8.52. The van der Waals surface area contributed by atoms with Crippen molar-refractivity contribution in [3.8, 4) is 0 Å². The van der Waals surface area contributed by atoms with Crippen LogP contribution in [0.25, 0.3) is 5.52 Å². The lowest BCUT2D eigenvalue weighted by atomic mass is 10.1. The van der Waals surface area contributed by atoms with Gasteiger partial charge in [0.2, 0.25) is 0 Å². The highest BCUT2D eigenvalue weighted by molar-refractivity contribution is 6.32. The maximum atomic E-state index is 11.5. The average molecular weight is 267 g/mol. The summed E-state index contributed by atoms with van der Waals surface area (Å²) in [5.41, 5.74) is 1.21. The van der Waals surface area contributed by atoms with Crippen LogP contribution in [0.2, 0.25) is 5.15 Å². The van der Waals surface area contributed by atoms with Crippen molar-refractivity contribution in [3.63, 3.8) is 0 Å². The molecule has 0 aromatic carbocycles. The van der Waals surface area contributed by atoms with E-state index in [-0.39, 0.29) is 5.97 Å². The number of nitrogens with zero attached hydrogens (tertiary/aromatic N) is 2. The molecule has 0 bridgehead atoms. The molecule has 2 aromatic rings. The molecule has 0 aliphatic carbocycles. The molecular weight excluding hydrogens is 252 g/mol. The van der Waals surface area contributed by atoms with Crippen molar-refractivity contribution in [2.45, 2.75) is 20.3 Å². The van der Waals surface area contributed by atoms with Gasteiger partial charge in [0, 0.05) is 12.6 Å². The maximum absolute atomic E-state index is 11.5. The number of rotatable bonds is 3. The van der Waals surface area contributed by atoms with Crippen LogP contribution in [-0.2, 0) is 11.2 Å². The molecule has 0 N–H and O–H groups in total. The number of ether oxygens (including phenoxy) is 1. The van der Waals surface area contributed by atoms with Crippen molar-refractivity contribution in [1.82, 2.24) is 9.38 Å². The fraction of sp³-hybridized carbons (Fsp3) is 0.385. The molecule has 0 saturated carbocycles. The minimum absolute atomic E-state index is 0.375. The quantitative estimate of drug-likeness (QED) is 0.802. The Hall–Kier alpha value is -1.55. The molecule has 0 unspecified atom stereocenters. The lowest BCUT2D eigenvalue weighted by Crippen LogP contribution is -2.03. The molecule has 0 aliphatic rings. The van der Waals surface area contributed by atoms with Gasteiger partial charge in [0.15, 0.2) is 5.15 Å². The third kappa shape index (κ3) is 2.34. The monoisotopic (exact) mass is 266 g/mol. The van der Waals surface area contributed by atoms with Crippen LogP contribution in [0.4, 0.5) is 0 Å². The molecule has 0 atom stereocenters. The van der Waals surface area contributed by atoms with Crippen LogP contribution in [0.5, 0.6) is 0 Å². The normalized spacial score (nSPS) is 11.2. The molecule has 96 valence electrons. The minimum Gasteiger partial charge on any atom is -0.465 e. The number of halogens is 1. The summed E-state index contributed by atoms with van der Waals surface area (Å²) in [6, 6.07) is 3.41. The number of esters is 1. The second kappa shape index (κ2) is 4.98. The van der Waals surface area contributed by atoms with Gasteiger partial charge in [-0.25, -0.2) is 9.78 Å². The number of hydrogen-bond acceptors (Lipinski definition) is 3. The third-order valence-electron chi connectivity index (χ3n) is 2.68. The number of methoxy groups -OCH3 is 1. The van der Waals surface area contributed by atoms with Crippen molar-refractivity contribution in [1.29, 1.82) is 0 Å². The van der Waals surface area contributed by atoms with Crippen molar-refractivity contribution >= 4 is 23.1 Å². The highest BCUT2D eigenvalue weighted by Crippen LogP contribution is 2.21. The number of aromatic nitrogens is 2. The Bertz CT molecular complexity index is 590. The number of hydrogen-bond donors (Lipinski definition) is 0. The van der Waals surface area contributed by atoms with Gasteiger partial charge in [-0.1, -0.05) is 25.4 Å². The zero-order valence-electron chi connectivity index (χ0n) is 10.6. The van der Waals surface area contributed by atoms with Gasteiger partial charge in [0.05, 0.1) is 18.2 Å². The largest absolute Gasteiger partial charge is 0.465 e. The average Bonchev–Trinajstić information content (AvgIpc) is 2.64. The number of carbonyl (C=O) groups excluding carboxylic acids is 1. The number of pyridine rings is 1. The van der Waals surface area contributed by atoms with Gasteiger partial charge in [-0.15, -0.1) is 0 Å². The Morgan fingerprint density at radius 3 is 2.89 bits per heavy atom. The number of carbonyl (C=O) groups is 1. The summed E-state index contributed by atoms with van der Waals surface area (Å²) in [5, 5.41) is 0.413. The molecule has 0 radical (unpaired) electrons. The zero-order chi connectivity index (χ0) is 13.3. The first-order valence-electron chi connectivity index (χ1n) is 5.77. The molecule has 0 amide bonds. The molecular formula is C13H15ClN2O2. The van der Waals surface area contributed by atoms with Gasteiger partial charge in [0.25, 0.3) is 0 Å². The van der Waals surface area contributed by atoms with E-state index in [4.69, 9.17) is 11.6 Å². The molecule has 2 aromatic heterocycles. The number of imidazole rings is 1. The summed E-state index contributed by atoms with van der Waals surface area (Å²) in [6.07, 6.45) is 2.64. The second-order valence-electron chi connectivity index (χ2n) is 4.58. The Balaban J connectivity index is 2.51. The molecule has 0 aliphatic heterocycles. The first kappa shape index (κ1) is 12.9. The molecule has 18 heavy (non-hydrogen) atoms. The highest BCUT2D eigenvalue weighted by atomic mass is 35.5. The van der Waals surface area contributed by atoms with E-state index in [9.17, 15) is 4.79 Å². The smallest absolute Gasteiger partial charge is 0.337 e. The summed E-state index contributed by atoms with van der Waals surface area (Å²) in [4.78, 5) is 15.8. The Labute approximate surface area is 111 Å². The number of fused-ring (bicyclic) bond motifs is 1. The summed E-state index contributed by atoms with van der Waals surface area (Å²) in [7, 11) is 1.36. The second-order valence-corrected chi connectivity index (χ2v) is 4.94. The topological polar surface area (TPSA) is 43.6 Å². The third-order valence-corrected chi connectivity index (χ3v) is 2.96. The molecule has 2 heterocycles. The van der Waals surface area contributed by atoms with Crippen molar-refractivity contribution in [2.75, 3.05) is 7.11 Å². The SMILES string of the molecule is COC(=O)c1ccn2c(CC(C)C)nc(Cl)c2c1. The first-order valence-corrected chi connectivity index (χ1v) is 6.15. The fourth-order valence-corrected chi connectivity index (χ4v) is 2.11. The molecule has 2 rings (SSSR count). The van der Waals surface area contributed by atoms with Gasteiger partial charge in [-0.2, -0.15) is 0 Å². The van der Waals surface area contributed by atoms with Crippen molar-refractivity contribution in [3.05, 3.63) is 34.9 Å².